The van der Waals surface area contributed by atoms with E-state index in [0.717, 1.165) is 0 Å². The SMILES string of the molecule is O=C(Nc1cnc(Cl)cn1)c1cc[nH]c(=O)c1. The number of nitrogens with one attached hydrogen (secondary N) is 2. The van der Waals surface area contributed by atoms with Crippen LogP contribution in [-0.2, 0) is 0 Å². The Balaban J connectivity index is 2.17. The minimum atomic E-state index is -0.437. The summed E-state index contributed by atoms with van der Waals surface area (Å²) in [5, 5.41) is 2.72. The second kappa shape index (κ2) is 4.75. The van der Waals surface area contributed by atoms with Crippen molar-refractivity contribution in [3.05, 3.63) is 51.8 Å². The number of aromatic nitrogens is 3. The molecular weight excluding hydrogens is 244 g/mol. The topological polar surface area (TPSA) is 87.7 Å². The standard InChI is InChI=1S/C10H7ClN4O2/c11-7-4-14-8(5-13-7)15-10(17)6-1-2-12-9(16)3-6/h1-5H,(H,12,16)(H,14,15,17). The van der Waals surface area contributed by atoms with Crippen LogP contribution in [0.2, 0.25) is 5.15 Å². The number of pyridine rings is 1. The highest BCUT2D eigenvalue weighted by atomic mass is 35.5. The minimum Gasteiger partial charge on any atom is -0.329 e. The van der Waals surface area contributed by atoms with Gasteiger partial charge in [0.2, 0.25) is 5.56 Å². The molecule has 0 atom stereocenters. The number of anilines is 1. The summed E-state index contributed by atoms with van der Waals surface area (Å²) in [6.07, 6.45) is 4.03. The van der Waals surface area contributed by atoms with E-state index in [0.29, 0.717) is 0 Å². The third-order valence-electron chi connectivity index (χ3n) is 1.90. The molecule has 86 valence electrons. The van der Waals surface area contributed by atoms with Crippen molar-refractivity contribution in [3.8, 4) is 0 Å². The van der Waals surface area contributed by atoms with Crippen molar-refractivity contribution >= 4 is 23.3 Å². The lowest BCUT2D eigenvalue weighted by molar-refractivity contribution is 0.102. The zero-order valence-corrected chi connectivity index (χ0v) is 9.23. The Bertz CT molecular complexity index is 594. The van der Waals surface area contributed by atoms with Crippen LogP contribution in [0.25, 0.3) is 0 Å². The van der Waals surface area contributed by atoms with Crippen LogP contribution in [0.4, 0.5) is 5.82 Å². The van der Waals surface area contributed by atoms with Crippen molar-refractivity contribution < 1.29 is 4.79 Å². The molecule has 0 unspecified atom stereocenters. The van der Waals surface area contributed by atoms with Gasteiger partial charge >= 0.3 is 0 Å². The Labute approximate surface area is 101 Å². The van der Waals surface area contributed by atoms with Crippen LogP contribution >= 0.6 is 11.6 Å². The molecule has 2 aromatic rings. The molecule has 1 amide bonds. The molecule has 7 heteroatoms. The molecule has 0 spiro atoms. The number of nitrogens with zero attached hydrogens (tertiary/aromatic N) is 2. The predicted molar refractivity (Wildman–Crippen MR) is 62.1 cm³/mol. The van der Waals surface area contributed by atoms with E-state index < -0.39 is 5.91 Å². The van der Waals surface area contributed by atoms with Crippen LogP contribution in [-0.4, -0.2) is 20.9 Å². The first kappa shape index (κ1) is 11.3. The van der Waals surface area contributed by atoms with Gasteiger partial charge in [-0.25, -0.2) is 9.97 Å². The van der Waals surface area contributed by atoms with Gasteiger partial charge in [-0.2, -0.15) is 0 Å². The van der Waals surface area contributed by atoms with Gasteiger partial charge in [0.15, 0.2) is 5.82 Å². The molecule has 2 heterocycles. The molecule has 0 saturated carbocycles. The molecule has 0 aliphatic rings. The van der Waals surface area contributed by atoms with E-state index in [1.807, 2.05) is 0 Å². The molecule has 0 bridgehead atoms. The van der Waals surface area contributed by atoms with Crippen molar-refractivity contribution in [2.45, 2.75) is 0 Å². The lowest BCUT2D eigenvalue weighted by atomic mass is 10.2. The van der Waals surface area contributed by atoms with Crippen molar-refractivity contribution in [2.24, 2.45) is 0 Å². The molecule has 0 aromatic carbocycles. The van der Waals surface area contributed by atoms with Crippen molar-refractivity contribution in [2.75, 3.05) is 5.32 Å². The summed E-state index contributed by atoms with van der Waals surface area (Å²) in [7, 11) is 0. The average Bonchev–Trinajstić information content (AvgIpc) is 2.32. The van der Waals surface area contributed by atoms with Crippen molar-refractivity contribution in [1.82, 2.24) is 15.0 Å². The molecular formula is C10H7ClN4O2. The summed E-state index contributed by atoms with van der Waals surface area (Å²) in [4.78, 5) is 32.7. The number of amides is 1. The average molecular weight is 251 g/mol. The molecule has 2 rings (SSSR count). The number of aromatic amines is 1. The van der Waals surface area contributed by atoms with Gasteiger partial charge in [-0.3, -0.25) is 9.59 Å². The van der Waals surface area contributed by atoms with Gasteiger partial charge in [0, 0.05) is 17.8 Å². The van der Waals surface area contributed by atoms with Crippen molar-refractivity contribution in [3.63, 3.8) is 0 Å². The van der Waals surface area contributed by atoms with E-state index in [2.05, 4.69) is 20.3 Å². The normalized spacial score (nSPS) is 9.94. The van der Waals surface area contributed by atoms with E-state index in [-0.39, 0.29) is 22.1 Å². The van der Waals surface area contributed by atoms with Gasteiger partial charge in [0.05, 0.1) is 12.4 Å². The third kappa shape index (κ3) is 2.88. The monoisotopic (exact) mass is 250 g/mol. The number of carbonyl (C=O) groups excluding carboxylic acids is 1. The second-order valence-electron chi connectivity index (χ2n) is 3.12. The zero-order valence-electron chi connectivity index (χ0n) is 8.48. The van der Waals surface area contributed by atoms with Crippen LogP contribution in [0.5, 0.6) is 0 Å². The molecule has 0 fully saturated rings. The fourth-order valence-electron chi connectivity index (χ4n) is 1.15. The van der Waals surface area contributed by atoms with E-state index in [1.165, 1.54) is 30.7 Å². The Morgan fingerprint density at radius 2 is 2.18 bits per heavy atom. The molecule has 6 nitrogen and oxygen atoms in total. The molecule has 0 aliphatic carbocycles. The highest BCUT2D eigenvalue weighted by Gasteiger charge is 2.07. The highest BCUT2D eigenvalue weighted by molar-refractivity contribution is 6.29. The fourth-order valence-corrected chi connectivity index (χ4v) is 1.25. The Kier molecular flexibility index (Phi) is 3.15. The lowest BCUT2D eigenvalue weighted by Crippen LogP contribution is -2.16. The van der Waals surface area contributed by atoms with Crippen LogP contribution in [0.1, 0.15) is 10.4 Å². The maximum Gasteiger partial charge on any atom is 0.257 e. The molecule has 2 N–H and O–H groups in total. The van der Waals surface area contributed by atoms with Crippen LogP contribution in [0.3, 0.4) is 0 Å². The van der Waals surface area contributed by atoms with Gasteiger partial charge in [-0.15, -0.1) is 0 Å². The predicted octanol–water partition coefficient (Wildman–Crippen LogP) is 1.07. The first-order valence-corrected chi connectivity index (χ1v) is 5.00. The van der Waals surface area contributed by atoms with Gasteiger partial charge in [-0.05, 0) is 6.07 Å². The number of halogens is 1. The number of rotatable bonds is 2. The lowest BCUT2D eigenvalue weighted by Gasteiger charge is -2.02. The van der Waals surface area contributed by atoms with E-state index >= 15 is 0 Å². The highest BCUT2D eigenvalue weighted by Crippen LogP contribution is 2.06. The summed E-state index contributed by atoms with van der Waals surface area (Å²) in [6.45, 7) is 0. The number of hydrogen-bond donors (Lipinski definition) is 2. The summed E-state index contributed by atoms with van der Waals surface area (Å²) in [6, 6.07) is 2.68. The fraction of sp³-hybridized carbons (Fsp3) is 0. The van der Waals surface area contributed by atoms with E-state index in [1.54, 1.807) is 0 Å². The molecule has 17 heavy (non-hydrogen) atoms. The number of carbonyl (C=O) groups is 1. The van der Waals surface area contributed by atoms with Crippen molar-refractivity contribution in [1.29, 1.82) is 0 Å². The second-order valence-corrected chi connectivity index (χ2v) is 3.51. The van der Waals surface area contributed by atoms with Gasteiger partial charge < -0.3 is 10.3 Å². The summed E-state index contributed by atoms with van der Waals surface area (Å²) in [5.74, 6) is -0.174. The van der Waals surface area contributed by atoms with Crippen LogP contribution < -0.4 is 10.9 Å². The quantitative estimate of drug-likeness (QED) is 0.835. The van der Waals surface area contributed by atoms with Crippen LogP contribution in [0, 0.1) is 0 Å². The molecule has 0 saturated heterocycles. The third-order valence-corrected chi connectivity index (χ3v) is 2.09. The maximum atomic E-state index is 11.7. The summed E-state index contributed by atoms with van der Waals surface area (Å²) in [5.41, 5.74) is -0.106. The zero-order chi connectivity index (χ0) is 12.3. The largest absolute Gasteiger partial charge is 0.329 e. The van der Waals surface area contributed by atoms with Gasteiger partial charge in [0.1, 0.15) is 5.15 Å². The van der Waals surface area contributed by atoms with Crippen LogP contribution in [0.15, 0.2) is 35.5 Å². The number of H-pyrrole nitrogens is 1. The minimum absolute atomic E-state index is 0.235. The molecule has 2 aromatic heterocycles. The van der Waals surface area contributed by atoms with Gasteiger partial charge in [0.25, 0.3) is 5.91 Å². The summed E-state index contributed by atoms with van der Waals surface area (Å²) < 4.78 is 0. The first-order valence-electron chi connectivity index (χ1n) is 4.63. The molecule has 0 aliphatic heterocycles. The summed E-state index contributed by atoms with van der Waals surface area (Å²) >= 11 is 5.55. The Hall–Kier alpha value is -2.21. The van der Waals surface area contributed by atoms with Gasteiger partial charge in [-0.1, -0.05) is 11.6 Å². The first-order chi connectivity index (χ1) is 8.15. The number of hydrogen-bond acceptors (Lipinski definition) is 4. The maximum absolute atomic E-state index is 11.7. The van der Waals surface area contributed by atoms with E-state index in [9.17, 15) is 9.59 Å². The molecule has 0 radical (unpaired) electrons. The Morgan fingerprint density at radius 1 is 1.35 bits per heavy atom. The van der Waals surface area contributed by atoms with E-state index in [4.69, 9.17) is 11.6 Å². The Morgan fingerprint density at radius 3 is 2.82 bits per heavy atom. The smallest absolute Gasteiger partial charge is 0.257 e.